The average molecular weight is 178 g/mol. The van der Waals surface area contributed by atoms with Gasteiger partial charge in [-0.15, -0.1) is 0 Å². The number of thiocarbonyl (C=S) groups is 1. The molecule has 60 valence electrons. The van der Waals surface area contributed by atoms with E-state index < -0.39 is 12.1 Å². The zero-order chi connectivity index (χ0) is 8.48. The van der Waals surface area contributed by atoms with Gasteiger partial charge in [-0.25, -0.2) is 0 Å². The summed E-state index contributed by atoms with van der Waals surface area (Å²) < 4.78 is 36.1. The van der Waals surface area contributed by atoms with Gasteiger partial charge in [0.05, 0.1) is 0 Å². The Hall–Kier alpha value is -0.640. The largest absolute Gasteiger partial charge is 0.399 e. The second kappa shape index (κ2) is 2.77. The lowest BCUT2D eigenvalue weighted by atomic mass is 10.0. The van der Waals surface area contributed by atoms with E-state index in [2.05, 4.69) is 12.2 Å². The summed E-state index contributed by atoms with van der Waals surface area (Å²) in [5.74, 6) is -1.57. The van der Waals surface area contributed by atoms with Crippen molar-refractivity contribution in [2.24, 2.45) is 5.92 Å². The number of alkyl halides is 3. The molecule has 1 unspecified atom stereocenters. The Morgan fingerprint density at radius 2 is 1.91 bits per heavy atom. The molecule has 1 aliphatic rings. The van der Waals surface area contributed by atoms with Gasteiger partial charge in [0.25, 0.3) is 0 Å². The van der Waals surface area contributed by atoms with E-state index in [1.807, 2.05) is 0 Å². The van der Waals surface area contributed by atoms with Crippen LogP contribution in [0, 0.1) is 5.92 Å². The predicted octanol–water partition coefficient (Wildman–Crippen LogP) is 2.66. The van der Waals surface area contributed by atoms with Crippen LogP contribution in [0.5, 0.6) is 0 Å². The van der Waals surface area contributed by atoms with Crippen molar-refractivity contribution in [2.45, 2.75) is 6.18 Å². The third-order valence-electron chi connectivity index (χ3n) is 1.33. The number of hydrogen-bond donors (Lipinski definition) is 0. The second-order valence-electron chi connectivity index (χ2n) is 2.17. The molecule has 0 heterocycles. The van der Waals surface area contributed by atoms with Crippen LogP contribution in [0.4, 0.5) is 13.2 Å². The monoisotopic (exact) mass is 178 g/mol. The van der Waals surface area contributed by atoms with Gasteiger partial charge in [-0.05, 0) is 6.08 Å². The molecule has 11 heavy (non-hydrogen) atoms. The molecule has 0 bridgehead atoms. The van der Waals surface area contributed by atoms with Crippen molar-refractivity contribution in [3.8, 4) is 0 Å². The van der Waals surface area contributed by atoms with Crippen molar-refractivity contribution in [3.63, 3.8) is 0 Å². The normalized spacial score (nSPS) is 24.3. The predicted molar refractivity (Wildman–Crippen MR) is 40.4 cm³/mol. The summed E-state index contributed by atoms with van der Waals surface area (Å²) in [5, 5.41) is 0. The number of allylic oxidation sites excluding steroid dienone is 4. The summed E-state index contributed by atoms with van der Waals surface area (Å²) in [6.07, 6.45) is 0.979. The lowest BCUT2D eigenvalue weighted by Gasteiger charge is -2.17. The quantitative estimate of drug-likeness (QED) is 0.514. The first-order valence-corrected chi connectivity index (χ1v) is 3.38. The van der Waals surface area contributed by atoms with Crippen molar-refractivity contribution >= 4 is 17.1 Å². The number of rotatable bonds is 0. The van der Waals surface area contributed by atoms with Crippen LogP contribution in [-0.4, -0.2) is 11.0 Å². The Morgan fingerprint density at radius 1 is 1.27 bits per heavy atom. The van der Waals surface area contributed by atoms with E-state index in [1.165, 1.54) is 18.2 Å². The van der Waals surface area contributed by atoms with Gasteiger partial charge in [-0.1, -0.05) is 30.4 Å². The zero-order valence-electron chi connectivity index (χ0n) is 5.43. The smallest absolute Gasteiger partial charge is 0.170 e. The Labute approximate surface area is 67.4 Å². The van der Waals surface area contributed by atoms with E-state index in [9.17, 15) is 13.2 Å². The molecule has 4 heteroatoms. The first-order valence-electron chi connectivity index (χ1n) is 2.97. The van der Waals surface area contributed by atoms with Gasteiger partial charge in [-0.3, -0.25) is 0 Å². The molecule has 0 aliphatic heterocycles. The summed E-state index contributed by atoms with van der Waals surface area (Å²) in [4.78, 5) is -0.0694. The van der Waals surface area contributed by atoms with Crippen molar-refractivity contribution in [1.29, 1.82) is 0 Å². The third-order valence-corrected chi connectivity index (χ3v) is 1.72. The minimum atomic E-state index is -4.24. The van der Waals surface area contributed by atoms with Gasteiger partial charge in [-0.2, -0.15) is 13.2 Å². The number of hydrogen-bond acceptors (Lipinski definition) is 1. The summed E-state index contributed by atoms with van der Waals surface area (Å²) in [7, 11) is 0. The lowest BCUT2D eigenvalue weighted by Crippen LogP contribution is -2.27. The molecule has 0 amide bonds. The highest BCUT2D eigenvalue weighted by molar-refractivity contribution is 7.80. The number of halogens is 3. The lowest BCUT2D eigenvalue weighted by molar-refractivity contribution is -0.143. The Balaban J connectivity index is 2.82. The van der Waals surface area contributed by atoms with Crippen LogP contribution < -0.4 is 0 Å². The molecule has 0 spiro atoms. The van der Waals surface area contributed by atoms with Crippen LogP contribution in [0.2, 0.25) is 0 Å². The molecule has 0 nitrogen and oxygen atoms in total. The maximum Gasteiger partial charge on any atom is 0.399 e. The Bertz CT molecular complexity index is 224. The summed E-state index contributed by atoms with van der Waals surface area (Å²) in [6, 6.07) is 0. The minimum Gasteiger partial charge on any atom is -0.170 e. The van der Waals surface area contributed by atoms with Gasteiger partial charge in [0.15, 0.2) is 0 Å². The fourth-order valence-corrected chi connectivity index (χ4v) is 1.09. The molecule has 1 atom stereocenters. The van der Waals surface area contributed by atoms with E-state index in [-0.39, 0.29) is 4.86 Å². The molecule has 0 radical (unpaired) electrons. The topological polar surface area (TPSA) is 0 Å². The van der Waals surface area contributed by atoms with Crippen LogP contribution in [0.25, 0.3) is 0 Å². The molecule has 1 aliphatic carbocycles. The van der Waals surface area contributed by atoms with E-state index in [0.717, 1.165) is 6.08 Å². The molecule has 1 rings (SSSR count). The summed E-state index contributed by atoms with van der Waals surface area (Å²) in [5.41, 5.74) is 0. The van der Waals surface area contributed by atoms with Crippen LogP contribution in [0.15, 0.2) is 24.3 Å². The van der Waals surface area contributed by atoms with Crippen molar-refractivity contribution < 1.29 is 13.2 Å². The molecule has 0 saturated carbocycles. The first kappa shape index (κ1) is 8.46. The van der Waals surface area contributed by atoms with Gasteiger partial charge in [0.2, 0.25) is 0 Å². The SMILES string of the molecule is FC(F)(F)C1C=CC=CC1=S. The van der Waals surface area contributed by atoms with Crippen molar-refractivity contribution in [2.75, 3.05) is 0 Å². The second-order valence-corrected chi connectivity index (χ2v) is 2.64. The van der Waals surface area contributed by atoms with Crippen LogP contribution in [0.3, 0.4) is 0 Å². The fourth-order valence-electron chi connectivity index (χ4n) is 0.795. The standard InChI is InChI=1S/C7H5F3S/c8-7(9,10)5-3-1-2-4-6(5)11/h1-5H. The average Bonchev–Trinajstić information content (AvgIpc) is 1.86. The van der Waals surface area contributed by atoms with Crippen LogP contribution in [-0.2, 0) is 0 Å². The third kappa shape index (κ3) is 1.89. The van der Waals surface area contributed by atoms with E-state index in [4.69, 9.17) is 0 Å². The van der Waals surface area contributed by atoms with Gasteiger partial charge in [0.1, 0.15) is 5.92 Å². The minimum absolute atomic E-state index is 0.0694. The molecular formula is C7H5F3S. The van der Waals surface area contributed by atoms with E-state index in [0.29, 0.717) is 0 Å². The summed E-state index contributed by atoms with van der Waals surface area (Å²) >= 11 is 4.52. The molecule has 0 aromatic heterocycles. The molecule has 0 fully saturated rings. The molecular weight excluding hydrogens is 173 g/mol. The van der Waals surface area contributed by atoms with Gasteiger partial charge in [0, 0.05) is 4.86 Å². The Kier molecular flexibility index (Phi) is 2.13. The van der Waals surface area contributed by atoms with Crippen molar-refractivity contribution in [1.82, 2.24) is 0 Å². The highest BCUT2D eigenvalue weighted by Gasteiger charge is 2.40. The molecule has 0 saturated heterocycles. The highest BCUT2D eigenvalue weighted by Crippen LogP contribution is 2.30. The maximum absolute atomic E-state index is 12.0. The van der Waals surface area contributed by atoms with Crippen LogP contribution in [0.1, 0.15) is 0 Å². The fraction of sp³-hybridized carbons (Fsp3) is 0.286. The zero-order valence-corrected chi connectivity index (χ0v) is 6.25. The Morgan fingerprint density at radius 3 is 2.27 bits per heavy atom. The summed E-state index contributed by atoms with van der Waals surface area (Å²) in [6.45, 7) is 0. The van der Waals surface area contributed by atoms with Crippen molar-refractivity contribution in [3.05, 3.63) is 24.3 Å². The molecule has 0 aromatic rings. The maximum atomic E-state index is 12.0. The van der Waals surface area contributed by atoms with E-state index in [1.54, 1.807) is 0 Å². The first-order chi connectivity index (χ1) is 5.02. The highest BCUT2D eigenvalue weighted by atomic mass is 32.1. The van der Waals surface area contributed by atoms with Gasteiger partial charge >= 0.3 is 6.18 Å². The molecule has 0 N–H and O–H groups in total. The van der Waals surface area contributed by atoms with E-state index >= 15 is 0 Å². The van der Waals surface area contributed by atoms with Gasteiger partial charge < -0.3 is 0 Å². The molecule has 0 aromatic carbocycles. The van der Waals surface area contributed by atoms with Crippen LogP contribution >= 0.6 is 12.2 Å².